The second kappa shape index (κ2) is 10.4. The van der Waals surface area contributed by atoms with Gasteiger partial charge >= 0.3 is 0 Å². The minimum absolute atomic E-state index is 0.0444. The molecular formula is C22H28ClN5O2. The molecule has 7 nitrogen and oxygen atoms in total. The number of ether oxygens (including phenoxy) is 1. The SMILES string of the molecule is CC(C)Cn1cc(N=CC(=CN)c2cnc(NC3CCOCC3)cc2Cl)ccc1=O. The van der Waals surface area contributed by atoms with Crippen LogP contribution in [0.15, 0.2) is 46.6 Å². The molecule has 0 radical (unpaired) electrons. The molecule has 0 unspecified atom stereocenters. The highest BCUT2D eigenvalue weighted by molar-refractivity contribution is 6.34. The number of pyridine rings is 2. The van der Waals surface area contributed by atoms with Crippen LogP contribution in [0, 0.1) is 5.92 Å². The first-order valence-corrected chi connectivity index (χ1v) is 10.5. The van der Waals surface area contributed by atoms with Crippen molar-refractivity contribution in [2.24, 2.45) is 16.6 Å². The fourth-order valence-electron chi connectivity index (χ4n) is 3.25. The molecule has 8 heteroatoms. The van der Waals surface area contributed by atoms with Crippen LogP contribution in [0.4, 0.5) is 11.5 Å². The zero-order valence-corrected chi connectivity index (χ0v) is 18.1. The molecule has 3 N–H and O–H groups in total. The summed E-state index contributed by atoms with van der Waals surface area (Å²) in [5.74, 6) is 1.09. The summed E-state index contributed by atoms with van der Waals surface area (Å²) in [6.07, 6.45) is 8.40. The van der Waals surface area contributed by atoms with Crippen molar-refractivity contribution >= 4 is 34.9 Å². The topological polar surface area (TPSA) is 94.5 Å². The molecule has 2 aromatic rings. The summed E-state index contributed by atoms with van der Waals surface area (Å²) in [5, 5.41) is 3.93. The van der Waals surface area contributed by atoms with E-state index in [4.69, 9.17) is 22.1 Å². The van der Waals surface area contributed by atoms with Gasteiger partial charge in [0, 0.05) is 67.8 Å². The van der Waals surface area contributed by atoms with Crippen LogP contribution in [0.3, 0.4) is 0 Å². The average molecular weight is 430 g/mol. The quantitative estimate of drug-likeness (QED) is 0.652. The van der Waals surface area contributed by atoms with Gasteiger partial charge in [-0.05, 0) is 30.9 Å². The largest absolute Gasteiger partial charge is 0.404 e. The molecule has 3 heterocycles. The number of halogens is 1. The summed E-state index contributed by atoms with van der Waals surface area (Å²) in [6.45, 7) is 6.27. The number of anilines is 1. The summed E-state index contributed by atoms with van der Waals surface area (Å²) in [6, 6.07) is 5.34. The summed E-state index contributed by atoms with van der Waals surface area (Å²) >= 11 is 6.50. The van der Waals surface area contributed by atoms with Crippen LogP contribution in [0.1, 0.15) is 32.3 Å². The maximum Gasteiger partial charge on any atom is 0.250 e. The molecule has 2 aromatic heterocycles. The normalized spacial score (nSPS) is 15.8. The van der Waals surface area contributed by atoms with Gasteiger partial charge in [0.1, 0.15) is 5.82 Å². The van der Waals surface area contributed by atoms with Crippen molar-refractivity contribution in [3.05, 3.63) is 57.7 Å². The molecule has 0 saturated carbocycles. The number of nitrogens with two attached hydrogens (primary N) is 1. The molecule has 30 heavy (non-hydrogen) atoms. The van der Waals surface area contributed by atoms with Crippen molar-refractivity contribution < 1.29 is 4.74 Å². The highest BCUT2D eigenvalue weighted by atomic mass is 35.5. The van der Waals surface area contributed by atoms with E-state index in [-0.39, 0.29) is 5.56 Å². The number of hydrogen-bond donors (Lipinski definition) is 2. The maximum absolute atomic E-state index is 12.0. The first kappa shape index (κ1) is 22.1. The van der Waals surface area contributed by atoms with Gasteiger partial charge in [-0.15, -0.1) is 0 Å². The second-order valence-corrected chi connectivity index (χ2v) is 8.14. The van der Waals surface area contributed by atoms with Crippen LogP contribution in [0.5, 0.6) is 0 Å². The Hall–Kier alpha value is -2.64. The molecule has 1 fully saturated rings. The monoisotopic (exact) mass is 429 g/mol. The molecule has 0 aromatic carbocycles. The molecule has 0 spiro atoms. The molecule has 0 amide bonds. The Bertz CT molecular complexity index is 978. The van der Waals surface area contributed by atoms with E-state index in [2.05, 4.69) is 29.1 Å². The van der Waals surface area contributed by atoms with Crippen LogP contribution in [-0.2, 0) is 11.3 Å². The summed E-state index contributed by atoms with van der Waals surface area (Å²) in [4.78, 5) is 20.9. The van der Waals surface area contributed by atoms with E-state index in [1.54, 1.807) is 35.3 Å². The lowest BCUT2D eigenvalue weighted by molar-refractivity contribution is 0.0904. The molecule has 0 bridgehead atoms. The smallest absolute Gasteiger partial charge is 0.250 e. The molecule has 1 aliphatic rings. The predicted molar refractivity (Wildman–Crippen MR) is 123 cm³/mol. The fraction of sp³-hybridized carbons (Fsp3) is 0.409. The molecule has 0 atom stereocenters. The van der Waals surface area contributed by atoms with Crippen LogP contribution >= 0.6 is 11.6 Å². The van der Waals surface area contributed by atoms with E-state index >= 15 is 0 Å². The first-order valence-electron chi connectivity index (χ1n) is 10.1. The van der Waals surface area contributed by atoms with Gasteiger partial charge in [0.05, 0.1) is 10.7 Å². The number of allylic oxidation sites excluding steroid dienone is 1. The highest BCUT2D eigenvalue weighted by Crippen LogP contribution is 2.26. The zero-order chi connectivity index (χ0) is 21.5. The van der Waals surface area contributed by atoms with Crippen molar-refractivity contribution in [3.63, 3.8) is 0 Å². The first-order chi connectivity index (χ1) is 14.5. The zero-order valence-electron chi connectivity index (χ0n) is 17.3. The number of aromatic nitrogens is 2. The molecule has 1 saturated heterocycles. The lowest BCUT2D eigenvalue weighted by atomic mass is 10.1. The Kier molecular flexibility index (Phi) is 7.65. The number of aliphatic imine (C=N–C) groups is 1. The molecule has 160 valence electrons. The maximum atomic E-state index is 12.0. The Morgan fingerprint density at radius 1 is 1.43 bits per heavy atom. The summed E-state index contributed by atoms with van der Waals surface area (Å²) < 4.78 is 7.04. The number of nitrogens with zero attached hydrogens (tertiary/aromatic N) is 3. The Balaban J connectivity index is 1.75. The van der Waals surface area contributed by atoms with E-state index in [1.807, 2.05) is 0 Å². The highest BCUT2D eigenvalue weighted by Gasteiger charge is 2.15. The van der Waals surface area contributed by atoms with Gasteiger partial charge in [-0.25, -0.2) is 4.98 Å². The van der Waals surface area contributed by atoms with Crippen LogP contribution in [0.2, 0.25) is 5.02 Å². The van der Waals surface area contributed by atoms with Crippen molar-refractivity contribution in [1.29, 1.82) is 0 Å². The van der Waals surface area contributed by atoms with Gasteiger partial charge in [-0.3, -0.25) is 9.79 Å². The fourth-order valence-corrected chi connectivity index (χ4v) is 3.51. The van der Waals surface area contributed by atoms with Gasteiger partial charge in [-0.1, -0.05) is 25.4 Å². The van der Waals surface area contributed by atoms with Crippen molar-refractivity contribution in [1.82, 2.24) is 9.55 Å². The van der Waals surface area contributed by atoms with Crippen molar-refractivity contribution in [2.75, 3.05) is 18.5 Å². The Morgan fingerprint density at radius 3 is 2.87 bits per heavy atom. The Morgan fingerprint density at radius 2 is 2.20 bits per heavy atom. The second-order valence-electron chi connectivity index (χ2n) is 7.73. The molecular weight excluding hydrogens is 402 g/mol. The Labute approximate surface area is 181 Å². The van der Waals surface area contributed by atoms with Gasteiger partial charge in [0.15, 0.2) is 0 Å². The van der Waals surface area contributed by atoms with E-state index in [1.165, 1.54) is 12.3 Å². The van der Waals surface area contributed by atoms with Crippen molar-refractivity contribution in [3.8, 4) is 0 Å². The minimum atomic E-state index is -0.0444. The lowest BCUT2D eigenvalue weighted by Gasteiger charge is -2.23. The van der Waals surface area contributed by atoms with E-state index in [0.717, 1.165) is 31.9 Å². The van der Waals surface area contributed by atoms with Gasteiger partial charge in [0.25, 0.3) is 5.56 Å². The van der Waals surface area contributed by atoms with Crippen LogP contribution in [-0.4, -0.2) is 35.0 Å². The van der Waals surface area contributed by atoms with E-state index in [9.17, 15) is 4.79 Å². The van der Waals surface area contributed by atoms with E-state index < -0.39 is 0 Å². The van der Waals surface area contributed by atoms with Gasteiger partial charge in [0.2, 0.25) is 0 Å². The summed E-state index contributed by atoms with van der Waals surface area (Å²) in [7, 11) is 0. The van der Waals surface area contributed by atoms with Gasteiger partial charge in [-0.2, -0.15) is 0 Å². The standard InChI is InChI=1S/C22H28ClN5O2/c1-15(2)13-28-14-18(3-4-22(28)29)25-11-16(10-24)19-12-26-21(9-20(19)23)27-17-5-7-30-8-6-17/h3-4,9-12,14-15,17H,5-8,13,24H2,1-2H3,(H,26,27). The van der Waals surface area contributed by atoms with E-state index in [0.29, 0.717) is 40.4 Å². The molecule has 3 rings (SSSR count). The summed E-state index contributed by atoms with van der Waals surface area (Å²) in [5.41, 5.74) is 7.78. The van der Waals surface area contributed by atoms with Crippen LogP contribution < -0.4 is 16.6 Å². The molecule has 0 aliphatic carbocycles. The average Bonchev–Trinajstić information content (AvgIpc) is 2.72. The lowest BCUT2D eigenvalue weighted by Crippen LogP contribution is -2.28. The third kappa shape index (κ3) is 5.93. The minimum Gasteiger partial charge on any atom is -0.404 e. The third-order valence-electron chi connectivity index (χ3n) is 4.80. The van der Waals surface area contributed by atoms with Crippen molar-refractivity contribution in [2.45, 2.75) is 39.3 Å². The number of nitrogens with one attached hydrogen (secondary N) is 1. The van der Waals surface area contributed by atoms with Crippen LogP contribution in [0.25, 0.3) is 5.57 Å². The molecule has 1 aliphatic heterocycles. The number of rotatable bonds is 7. The number of hydrogen-bond acceptors (Lipinski definition) is 6. The van der Waals surface area contributed by atoms with Gasteiger partial charge < -0.3 is 20.4 Å². The predicted octanol–water partition coefficient (Wildman–Crippen LogP) is 3.85. The third-order valence-corrected chi connectivity index (χ3v) is 5.11.